The van der Waals surface area contributed by atoms with Gasteiger partial charge in [-0.2, -0.15) is 0 Å². The van der Waals surface area contributed by atoms with Crippen LogP contribution in [0.1, 0.15) is 17.5 Å². The van der Waals surface area contributed by atoms with E-state index in [1.807, 2.05) is 30.3 Å². The number of nitrogens with two attached hydrogens (primary N) is 1. The fourth-order valence-corrected chi connectivity index (χ4v) is 3.37. The van der Waals surface area contributed by atoms with Crippen LogP contribution in [0, 0.1) is 13.8 Å². The normalized spacial score (nSPS) is 10.8. The standard InChI is InChI=1S/C20H24N4O2S/c1-14-9-10-16(13-15(14)2)26-11-6-12-27-20-23-22-19(24(20)21)17-7-4-5-8-18(17)25-3/h4-5,7-10,13H,6,11-12,21H2,1-3H3. The molecular weight excluding hydrogens is 360 g/mol. The zero-order chi connectivity index (χ0) is 19.2. The molecule has 0 radical (unpaired) electrons. The van der Waals surface area contributed by atoms with Gasteiger partial charge in [-0.15, -0.1) is 10.2 Å². The highest BCUT2D eigenvalue weighted by Crippen LogP contribution is 2.29. The predicted molar refractivity (Wildman–Crippen MR) is 109 cm³/mol. The molecule has 0 aliphatic heterocycles. The van der Waals surface area contributed by atoms with E-state index in [1.165, 1.54) is 15.8 Å². The largest absolute Gasteiger partial charge is 0.496 e. The minimum Gasteiger partial charge on any atom is -0.496 e. The van der Waals surface area contributed by atoms with Crippen LogP contribution < -0.4 is 15.3 Å². The summed E-state index contributed by atoms with van der Waals surface area (Å²) in [6, 6.07) is 13.8. The second-order valence-corrected chi connectivity index (χ2v) is 7.24. The van der Waals surface area contributed by atoms with Gasteiger partial charge < -0.3 is 15.3 Å². The molecule has 2 aromatic carbocycles. The smallest absolute Gasteiger partial charge is 0.210 e. The summed E-state index contributed by atoms with van der Waals surface area (Å²) in [5.74, 6) is 9.23. The van der Waals surface area contributed by atoms with E-state index in [4.69, 9.17) is 15.3 Å². The third-order valence-corrected chi connectivity index (χ3v) is 5.31. The Kier molecular flexibility index (Phi) is 6.24. The Morgan fingerprint density at radius 1 is 1.07 bits per heavy atom. The van der Waals surface area contributed by atoms with Crippen molar-refractivity contribution in [3.8, 4) is 22.9 Å². The van der Waals surface area contributed by atoms with Crippen LogP contribution >= 0.6 is 11.8 Å². The van der Waals surface area contributed by atoms with Crippen molar-refractivity contribution in [3.63, 3.8) is 0 Å². The van der Waals surface area contributed by atoms with Crippen LogP contribution in [-0.2, 0) is 0 Å². The Bertz CT molecular complexity index is 911. The molecule has 0 fully saturated rings. The summed E-state index contributed by atoms with van der Waals surface area (Å²) < 4.78 is 12.7. The number of para-hydroxylation sites is 1. The van der Waals surface area contributed by atoms with Gasteiger partial charge in [0.15, 0.2) is 5.82 Å². The fraction of sp³-hybridized carbons (Fsp3) is 0.300. The van der Waals surface area contributed by atoms with Crippen LogP contribution in [0.25, 0.3) is 11.4 Å². The van der Waals surface area contributed by atoms with Crippen molar-refractivity contribution in [1.82, 2.24) is 14.9 Å². The molecule has 27 heavy (non-hydrogen) atoms. The van der Waals surface area contributed by atoms with E-state index in [-0.39, 0.29) is 0 Å². The molecule has 3 aromatic rings. The molecule has 3 rings (SSSR count). The van der Waals surface area contributed by atoms with Crippen molar-refractivity contribution >= 4 is 11.8 Å². The molecule has 0 unspecified atom stereocenters. The van der Waals surface area contributed by atoms with Crippen molar-refractivity contribution in [2.24, 2.45) is 0 Å². The minimum absolute atomic E-state index is 0.585. The first kappa shape index (κ1) is 19.1. The van der Waals surface area contributed by atoms with Gasteiger partial charge in [-0.05, 0) is 55.7 Å². The van der Waals surface area contributed by atoms with E-state index in [0.29, 0.717) is 17.6 Å². The molecule has 0 aliphatic carbocycles. The lowest BCUT2D eigenvalue weighted by Crippen LogP contribution is -2.12. The number of hydrogen-bond acceptors (Lipinski definition) is 6. The van der Waals surface area contributed by atoms with Crippen molar-refractivity contribution in [3.05, 3.63) is 53.6 Å². The Morgan fingerprint density at radius 2 is 1.89 bits per heavy atom. The topological polar surface area (TPSA) is 75.2 Å². The molecule has 1 aromatic heterocycles. The second-order valence-electron chi connectivity index (χ2n) is 6.17. The van der Waals surface area contributed by atoms with Crippen molar-refractivity contribution in [2.45, 2.75) is 25.4 Å². The number of aryl methyl sites for hydroxylation is 2. The number of aromatic nitrogens is 3. The Hall–Kier alpha value is -2.67. The first-order chi connectivity index (χ1) is 13.1. The SMILES string of the molecule is COc1ccccc1-c1nnc(SCCCOc2ccc(C)c(C)c2)n1N. The maximum atomic E-state index is 6.18. The van der Waals surface area contributed by atoms with Gasteiger partial charge in [0.05, 0.1) is 19.3 Å². The molecule has 6 nitrogen and oxygen atoms in total. The highest BCUT2D eigenvalue weighted by Gasteiger charge is 2.15. The zero-order valence-electron chi connectivity index (χ0n) is 15.8. The van der Waals surface area contributed by atoms with E-state index >= 15 is 0 Å². The number of nitrogens with zero attached hydrogens (tertiary/aromatic N) is 3. The second kappa shape index (κ2) is 8.81. The number of hydrogen-bond donors (Lipinski definition) is 1. The third kappa shape index (κ3) is 4.54. The van der Waals surface area contributed by atoms with Gasteiger partial charge in [0.2, 0.25) is 5.16 Å². The number of nitrogen functional groups attached to an aromatic ring is 1. The number of thioether (sulfide) groups is 1. The molecule has 0 bridgehead atoms. The Morgan fingerprint density at radius 3 is 2.67 bits per heavy atom. The van der Waals surface area contributed by atoms with E-state index in [1.54, 1.807) is 18.9 Å². The third-order valence-electron chi connectivity index (χ3n) is 4.28. The van der Waals surface area contributed by atoms with Crippen molar-refractivity contribution in [1.29, 1.82) is 0 Å². The predicted octanol–water partition coefficient (Wildman–Crippen LogP) is 3.85. The quantitative estimate of drug-likeness (QED) is 0.361. The van der Waals surface area contributed by atoms with Gasteiger partial charge in [-0.1, -0.05) is 30.0 Å². The highest BCUT2D eigenvalue weighted by molar-refractivity contribution is 7.99. The van der Waals surface area contributed by atoms with Crippen LogP contribution in [0.2, 0.25) is 0 Å². The lowest BCUT2D eigenvalue weighted by atomic mass is 10.1. The number of methoxy groups -OCH3 is 1. The van der Waals surface area contributed by atoms with Gasteiger partial charge in [0.25, 0.3) is 0 Å². The summed E-state index contributed by atoms with van der Waals surface area (Å²) in [6.07, 6.45) is 0.883. The first-order valence-electron chi connectivity index (χ1n) is 8.77. The van der Waals surface area contributed by atoms with Gasteiger partial charge >= 0.3 is 0 Å². The summed E-state index contributed by atoms with van der Waals surface area (Å²) in [5.41, 5.74) is 3.33. The van der Waals surface area contributed by atoms with E-state index in [0.717, 1.165) is 29.2 Å². The molecule has 0 spiro atoms. The maximum absolute atomic E-state index is 6.18. The Labute approximate surface area is 163 Å². The summed E-state index contributed by atoms with van der Waals surface area (Å²) in [6.45, 7) is 4.83. The lowest BCUT2D eigenvalue weighted by Gasteiger charge is -2.09. The van der Waals surface area contributed by atoms with Crippen LogP contribution in [0.15, 0.2) is 47.6 Å². The fourth-order valence-electron chi connectivity index (χ4n) is 2.60. The average Bonchev–Trinajstić information content (AvgIpc) is 3.04. The molecule has 0 atom stereocenters. The number of benzene rings is 2. The van der Waals surface area contributed by atoms with Gasteiger partial charge in [-0.25, -0.2) is 4.68 Å². The van der Waals surface area contributed by atoms with Gasteiger partial charge in [0, 0.05) is 5.75 Å². The molecule has 0 saturated heterocycles. The lowest BCUT2D eigenvalue weighted by molar-refractivity contribution is 0.318. The molecule has 1 heterocycles. The van der Waals surface area contributed by atoms with Crippen LogP contribution in [0.3, 0.4) is 0 Å². The molecular formula is C20H24N4O2S. The van der Waals surface area contributed by atoms with Crippen LogP contribution in [-0.4, -0.2) is 34.3 Å². The minimum atomic E-state index is 0.585. The zero-order valence-corrected chi connectivity index (χ0v) is 16.6. The van der Waals surface area contributed by atoms with E-state index in [9.17, 15) is 0 Å². The molecule has 2 N–H and O–H groups in total. The summed E-state index contributed by atoms with van der Waals surface area (Å²) in [4.78, 5) is 0. The van der Waals surface area contributed by atoms with Gasteiger partial charge in [-0.3, -0.25) is 0 Å². The molecule has 0 aliphatic rings. The van der Waals surface area contributed by atoms with Crippen LogP contribution in [0.4, 0.5) is 0 Å². The number of ether oxygens (including phenoxy) is 2. The maximum Gasteiger partial charge on any atom is 0.210 e. The van der Waals surface area contributed by atoms with E-state index < -0.39 is 0 Å². The average molecular weight is 385 g/mol. The van der Waals surface area contributed by atoms with Crippen molar-refractivity contribution < 1.29 is 9.47 Å². The summed E-state index contributed by atoms with van der Waals surface area (Å²) >= 11 is 1.56. The van der Waals surface area contributed by atoms with Gasteiger partial charge in [0.1, 0.15) is 11.5 Å². The number of rotatable bonds is 8. The van der Waals surface area contributed by atoms with Crippen LogP contribution in [0.5, 0.6) is 11.5 Å². The molecule has 7 heteroatoms. The molecule has 142 valence electrons. The highest BCUT2D eigenvalue weighted by atomic mass is 32.2. The molecule has 0 amide bonds. The van der Waals surface area contributed by atoms with Crippen molar-refractivity contribution in [2.75, 3.05) is 25.3 Å². The monoisotopic (exact) mass is 384 g/mol. The first-order valence-corrected chi connectivity index (χ1v) is 9.75. The summed E-state index contributed by atoms with van der Waals surface area (Å²) in [7, 11) is 1.63. The molecule has 0 saturated carbocycles. The Balaban J connectivity index is 1.53. The van der Waals surface area contributed by atoms with E-state index in [2.05, 4.69) is 36.2 Å². The summed E-state index contributed by atoms with van der Waals surface area (Å²) in [5, 5.41) is 9.08.